The highest BCUT2D eigenvalue weighted by molar-refractivity contribution is 7.95. The van der Waals surface area contributed by atoms with Crippen LogP contribution in [0, 0.1) is 0 Å². The summed E-state index contributed by atoms with van der Waals surface area (Å²) in [4.78, 5) is 0. The molecule has 0 aromatic heterocycles. The van der Waals surface area contributed by atoms with Gasteiger partial charge in [-0.25, -0.2) is 0 Å². The van der Waals surface area contributed by atoms with E-state index in [2.05, 4.69) is 104 Å². The van der Waals surface area contributed by atoms with Gasteiger partial charge in [0.1, 0.15) is 0 Å². The second-order valence-corrected chi connectivity index (χ2v) is 8.82. The average molecular weight is 303 g/mol. The zero-order valence-electron chi connectivity index (χ0n) is 12.6. The van der Waals surface area contributed by atoms with Crippen molar-refractivity contribution in [2.45, 2.75) is 0 Å². The molecule has 3 aromatic rings. The predicted molar refractivity (Wildman–Crippen MR) is 100 cm³/mol. The summed E-state index contributed by atoms with van der Waals surface area (Å²) in [6, 6.07) is 32.7. The van der Waals surface area contributed by atoms with Crippen molar-refractivity contribution >= 4 is 23.2 Å². The molecule has 3 aromatic carbocycles. The van der Waals surface area contributed by atoms with Gasteiger partial charge in [-0.3, -0.25) is 0 Å². The second kappa shape index (κ2) is 6.73. The summed E-state index contributed by atoms with van der Waals surface area (Å²) in [6.07, 6.45) is 3.05. The smallest absolute Gasteiger partial charge is 0.00679 e. The molecular formula is C21H20P. The number of rotatable bonds is 5. The van der Waals surface area contributed by atoms with Crippen molar-refractivity contribution in [3.05, 3.63) is 104 Å². The molecule has 0 unspecified atom stereocenters. The van der Waals surface area contributed by atoms with Gasteiger partial charge in [-0.2, -0.15) is 0 Å². The lowest BCUT2D eigenvalue weighted by atomic mass is 10.4. The lowest BCUT2D eigenvalue weighted by Crippen LogP contribution is -2.32. The number of allylic oxidation sites excluding steroid dienone is 1. The summed E-state index contributed by atoms with van der Waals surface area (Å²) in [5, 5.41) is 4.23. The molecule has 3 rings (SSSR count). The van der Waals surface area contributed by atoms with Crippen molar-refractivity contribution in [3.8, 4) is 0 Å². The van der Waals surface area contributed by atoms with E-state index in [-0.39, 0.29) is 0 Å². The van der Waals surface area contributed by atoms with Crippen LogP contribution >= 0.6 is 7.26 Å². The first kappa shape index (κ1) is 14.8. The quantitative estimate of drug-likeness (QED) is 0.490. The minimum Gasteiger partial charge on any atom is -0.103 e. The van der Waals surface area contributed by atoms with Crippen LogP contribution in [0.4, 0.5) is 0 Å². The first-order valence-corrected chi connectivity index (χ1v) is 9.51. The highest BCUT2D eigenvalue weighted by Gasteiger charge is 2.32. The number of hydrogen-bond donors (Lipinski definition) is 0. The SMILES string of the molecule is C=CC[P](c1ccccc1)(c1ccccc1)c1ccccc1. The molecule has 0 aliphatic carbocycles. The largest absolute Gasteiger partial charge is 0.103 e. The average Bonchev–Trinajstić information content (AvgIpc) is 2.62. The zero-order chi connectivity index (χ0) is 15.3. The van der Waals surface area contributed by atoms with Crippen LogP contribution in [0.1, 0.15) is 0 Å². The van der Waals surface area contributed by atoms with Gasteiger partial charge in [-0.05, 0) is 29.3 Å². The molecule has 0 bridgehead atoms. The van der Waals surface area contributed by atoms with E-state index in [4.69, 9.17) is 0 Å². The Morgan fingerprint density at radius 3 is 1.18 bits per heavy atom. The van der Waals surface area contributed by atoms with Gasteiger partial charge in [0.2, 0.25) is 0 Å². The molecule has 22 heavy (non-hydrogen) atoms. The molecule has 1 heteroatoms. The molecule has 0 amide bonds. The topological polar surface area (TPSA) is 0 Å². The molecule has 0 fully saturated rings. The minimum atomic E-state index is -1.67. The van der Waals surface area contributed by atoms with Crippen molar-refractivity contribution < 1.29 is 0 Å². The first-order chi connectivity index (χ1) is 10.9. The fourth-order valence-corrected chi connectivity index (χ4v) is 6.96. The van der Waals surface area contributed by atoms with Gasteiger partial charge >= 0.3 is 0 Å². The summed E-state index contributed by atoms with van der Waals surface area (Å²) in [5.41, 5.74) is 0. The Labute approximate surface area is 133 Å². The third-order valence-electron chi connectivity index (χ3n) is 3.99. The van der Waals surface area contributed by atoms with Crippen LogP contribution in [-0.4, -0.2) is 6.16 Å². The van der Waals surface area contributed by atoms with E-state index in [0.29, 0.717) is 0 Å². The van der Waals surface area contributed by atoms with Gasteiger partial charge < -0.3 is 0 Å². The summed E-state index contributed by atoms with van der Waals surface area (Å²) < 4.78 is 0. The molecule has 0 heterocycles. The number of hydrogen-bond acceptors (Lipinski definition) is 0. The molecule has 0 atom stereocenters. The van der Waals surface area contributed by atoms with E-state index in [9.17, 15) is 0 Å². The highest BCUT2D eigenvalue weighted by atomic mass is 31.2. The van der Waals surface area contributed by atoms with Crippen LogP contribution in [0.5, 0.6) is 0 Å². The Morgan fingerprint density at radius 2 is 0.909 bits per heavy atom. The number of benzene rings is 3. The molecule has 0 aliphatic heterocycles. The van der Waals surface area contributed by atoms with Crippen molar-refractivity contribution in [3.63, 3.8) is 0 Å². The molecule has 0 nitrogen and oxygen atoms in total. The maximum Gasteiger partial charge on any atom is -0.00679 e. The fraction of sp³-hybridized carbons (Fsp3) is 0.0476. The Morgan fingerprint density at radius 1 is 0.591 bits per heavy atom. The Balaban J connectivity index is 2.31. The van der Waals surface area contributed by atoms with Crippen LogP contribution in [0.3, 0.4) is 0 Å². The van der Waals surface area contributed by atoms with Gasteiger partial charge in [-0.15, -0.1) is 6.58 Å². The lowest BCUT2D eigenvalue weighted by molar-refractivity contribution is 1.66. The molecule has 0 saturated carbocycles. The van der Waals surface area contributed by atoms with Crippen molar-refractivity contribution in [2.24, 2.45) is 0 Å². The van der Waals surface area contributed by atoms with Crippen LogP contribution in [-0.2, 0) is 0 Å². The van der Waals surface area contributed by atoms with E-state index < -0.39 is 7.26 Å². The molecule has 109 valence electrons. The second-order valence-electron chi connectivity index (χ2n) is 5.29. The van der Waals surface area contributed by atoms with Crippen LogP contribution in [0.25, 0.3) is 0 Å². The predicted octanol–water partition coefficient (Wildman–Crippen LogP) is 4.17. The molecular weight excluding hydrogens is 283 g/mol. The van der Waals surface area contributed by atoms with Crippen molar-refractivity contribution in [1.29, 1.82) is 0 Å². The lowest BCUT2D eigenvalue weighted by Gasteiger charge is -2.37. The van der Waals surface area contributed by atoms with E-state index >= 15 is 0 Å². The maximum atomic E-state index is 4.05. The summed E-state index contributed by atoms with van der Waals surface area (Å²) in [6.45, 7) is 4.05. The van der Waals surface area contributed by atoms with Gasteiger partial charge in [0.05, 0.1) is 0 Å². The molecule has 0 aliphatic rings. The van der Waals surface area contributed by atoms with Crippen LogP contribution < -0.4 is 15.9 Å². The molecule has 1 radical (unpaired) electrons. The van der Waals surface area contributed by atoms with Gasteiger partial charge in [-0.1, -0.05) is 97.1 Å². The Kier molecular flexibility index (Phi) is 4.51. The fourth-order valence-electron chi connectivity index (χ4n) is 3.00. The molecule has 0 N–H and O–H groups in total. The Hall–Kier alpha value is -2.17. The highest BCUT2D eigenvalue weighted by Crippen LogP contribution is 2.55. The Bertz CT molecular complexity index is 621. The standard InChI is InChI=1S/C21H20P/c1-2-18-22(19-12-6-3-7-13-19,20-14-8-4-9-15-20)21-16-10-5-11-17-21/h2-17H,1,18H2. The monoisotopic (exact) mass is 303 g/mol. The minimum absolute atomic E-state index is 0.977. The van der Waals surface area contributed by atoms with E-state index in [0.717, 1.165) is 6.16 Å². The van der Waals surface area contributed by atoms with E-state index in [1.807, 2.05) is 0 Å². The van der Waals surface area contributed by atoms with E-state index in [1.54, 1.807) is 0 Å². The summed E-state index contributed by atoms with van der Waals surface area (Å²) in [7, 11) is -1.67. The normalized spacial score (nSPS) is 11.1. The molecule has 0 saturated heterocycles. The third-order valence-corrected chi connectivity index (χ3v) is 8.34. The third kappa shape index (κ3) is 2.63. The summed E-state index contributed by atoms with van der Waals surface area (Å²) in [5.74, 6) is 0. The van der Waals surface area contributed by atoms with Crippen molar-refractivity contribution in [2.75, 3.05) is 6.16 Å². The summed E-state index contributed by atoms with van der Waals surface area (Å²) >= 11 is 0. The van der Waals surface area contributed by atoms with Gasteiger partial charge in [0, 0.05) is 0 Å². The van der Waals surface area contributed by atoms with Gasteiger partial charge in [0.15, 0.2) is 0 Å². The maximum absolute atomic E-state index is 4.05. The van der Waals surface area contributed by atoms with Crippen molar-refractivity contribution in [1.82, 2.24) is 0 Å². The van der Waals surface area contributed by atoms with Gasteiger partial charge in [0.25, 0.3) is 0 Å². The zero-order valence-corrected chi connectivity index (χ0v) is 13.5. The first-order valence-electron chi connectivity index (χ1n) is 7.54. The van der Waals surface area contributed by atoms with Crippen LogP contribution in [0.2, 0.25) is 0 Å². The molecule has 0 spiro atoms. The van der Waals surface area contributed by atoms with E-state index in [1.165, 1.54) is 15.9 Å². The van der Waals surface area contributed by atoms with Crippen LogP contribution in [0.15, 0.2) is 104 Å².